The summed E-state index contributed by atoms with van der Waals surface area (Å²) in [4.78, 5) is 11.5. The van der Waals surface area contributed by atoms with Gasteiger partial charge in [0, 0.05) is 0 Å². The first-order chi connectivity index (χ1) is 11.1. The molecular formula is C17H14FN3O2. The average Bonchev–Trinajstić information content (AvgIpc) is 2.95. The largest absolute Gasteiger partial charge is 0.495 e. The van der Waals surface area contributed by atoms with Crippen LogP contribution in [-0.4, -0.2) is 23.2 Å². The molecule has 5 nitrogen and oxygen atoms in total. The third-order valence-electron chi connectivity index (χ3n) is 3.46. The fraction of sp³-hybridized carbons (Fsp3) is 0.0588. The number of hydrogen-bond donors (Lipinski definition) is 2. The Balaban J connectivity index is 2.11. The van der Waals surface area contributed by atoms with E-state index in [1.807, 2.05) is 0 Å². The lowest BCUT2D eigenvalue weighted by Gasteiger charge is -2.07. The van der Waals surface area contributed by atoms with Gasteiger partial charge in [-0.05, 0) is 35.9 Å². The van der Waals surface area contributed by atoms with Crippen molar-refractivity contribution in [2.45, 2.75) is 0 Å². The third-order valence-corrected chi connectivity index (χ3v) is 3.46. The van der Waals surface area contributed by atoms with Crippen LogP contribution in [-0.2, 0) is 0 Å². The van der Waals surface area contributed by atoms with Crippen molar-refractivity contribution in [1.82, 2.24) is 10.2 Å². The van der Waals surface area contributed by atoms with Gasteiger partial charge in [-0.25, -0.2) is 4.39 Å². The molecule has 1 heterocycles. The van der Waals surface area contributed by atoms with Crippen molar-refractivity contribution in [1.29, 1.82) is 0 Å². The van der Waals surface area contributed by atoms with E-state index in [1.165, 1.54) is 19.2 Å². The van der Waals surface area contributed by atoms with Gasteiger partial charge in [-0.2, -0.15) is 5.10 Å². The maximum absolute atomic E-state index is 13.2. The van der Waals surface area contributed by atoms with E-state index in [4.69, 9.17) is 10.5 Å². The molecule has 0 spiro atoms. The number of aromatic nitrogens is 2. The van der Waals surface area contributed by atoms with Gasteiger partial charge < -0.3 is 10.5 Å². The molecule has 0 saturated heterocycles. The summed E-state index contributed by atoms with van der Waals surface area (Å²) in [5, 5.41) is 7.72. The average molecular weight is 311 g/mol. The van der Waals surface area contributed by atoms with Gasteiger partial charge in [0.05, 0.1) is 29.3 Å². The summed E-state index contributed by atoms with van der Waals surface area (Å²) < 4.78 is 18.6. The number of hydrogen-bond acceptors (Lipinski definition) is 3. The minimum Gasteiger partial charge on any atom is -0.495 e. The van der Waals surface area contributed by atoms with Gasteiger partial charge >= 0.3 is 0 Å². The Morgan fingerprint density at radius 1 is 1.30 bits per heavy atom. The van der Waals surface area contributed by atoms with Gasteiger partial charge in [-0.3, -0.25) is 9.89 Å². The summed E-state index contributed by atoms with van der Waals surface area (Å²) >= 11 is 0. The van der Waals surface area contributed by atoms with E-state index in [-0.39, 0.29) is 11.4 Å². The third kappa shape index (κ3) is 2.78. The molecular weight excluding hydrogens is 297 g/mol. The van der Waals surface area contributed by atoms with Crippen LogP contribution < -0.4 is 10.5 Å². The Labute approximate surface area is 131 Å². The maximum Gasteiger partial charge on any atom is 0.252 e. The van der Waals surface area contributed by atoms with Crippen LogP contribution in [0.2, 0.25) is 0 Å². The Morgan fingerprint density at radius 3 is 2.83 bits per heavy atom. The Morgan fingerprint density at radius 2 is 2.13 bits per heavy atom. The first-order valence-corrected chi connectivity index (χ1v) is 6.88. The summed E-state index contributed by atoms with van der Waals surface area (Å²) in [6.07, 6.45) is 3.45. The molecule has 0 unspecified atom stereocenters. The number of ether oxygens (including phenoxy) is 1. The monoisotopic (exact) mass is 311 g/mol. The van der Waals surface area contributed by atoms with Crippen molar-refractivity contribution in [3.8, 4) is 5.75 Å². The normalized spacial score (nSPS) is 11.2. The van der Waals surface area contributed by atoms with Crippen LogP contribution in [0.15, 0.2) is 36.4 Å². The van der Waals surface area contributed by atoms with Crippen molar-refractivity contribution in [2.75, 3.05) is 7.11 Å². The summed E-state index contributed by atoms with van der Waals surface area (Å²) in [6, 6.07) is 9.50. The van der Waals surface area contributed by atoms with Crippen LogP contribution >= 0.6 is 0 Å². The zero-order valence-corrected chi connectivity index (χ0v) is 12.3. The summed E-state index contributed by atoms with van der Waals surface area (Å²) in [7, 11) is 1.47. The van der Waals surface area contributed by atoms with Crippen LogP contribution in [0, 0.1) is 5.82 Å². The van der Waals surface area contributed by atoms with Gasteiger partial charge in [-0.1, -0.05) is 18.2 Å². The van der Waals surface area contributed by atoms with Crippen molar-refractivity contribution in [3.05, 3.63) is 59.0 Å². The quantitative estimate of drug-likeness (QED) is 0.777. The smallest absolute Gasteiger partial charge is 0.252 e. The highest BCUT2D eigenvalue weighted by atomic mass is 19.1. The fourth-order valence-electron chi connectivity index (χ4n) is 2.42. The molecule has 0 saturated carbocycles. The number of halogens is 1. The molecule has 1 amide bonds. The predicted molar refractivity (Wildman–Crippen MR) is 86.5 cm³/mol. The summed E-state index contributed by atoms with van der Waals surface area (Å²) in [5.41, 5.74) is 7.64. The number of aromatic amines is 1. The van der Waals surface area contributed by atoms with E-state index in [2.05, 4.69) is 10.2 Å². The number of H-pyrrole nitrogens is 1. The number of carbonyl (C=O) groups is 1. The Hall–Kier alpha value is -3.15. The predicted octanol–water partition coefficient (Wildman–Crippen LogP) is 2.98. The van der Waals surface area contributed by atoms with E-state index in [0.717, 1.165) is 0 Å². The lowest BCUT2D eigenvalue weighted by molar-refractivity contribution is 0.0997. The number of nitrogens with two attached hydrogens (primary N) is 1. The number of carbonyl (C=O) groups excluding carboxylic acids is 1. The second kappa shape index (κ2) is 5.92. The molecule has 6 heteroatoms. The second-order valence-corrected chi connectivity index (χ2v) is 4.93. The first-order valence-electron chi connectivity index (χ1n) is 6.88. The molecule has 0 bridgehead atoms. The van der Waals surface area contributed by atoms with Crippen molar-refractivity contribution in [2.24, 2.45) is 5.73 Å². The Kier molecular flexibility index (Phi) is 3.80. The molecule has 0 radical (unpaired) electrons. The number of benzene rings is 2. The van der Waals surface area contributed by atoms with Gasteiger partial charge in [0.1, 0.15) is 11.6 Å². The minimum absolute atomic E-state index is 0.279. The highest BCUT2D eigenvalue weighted by molar-refractivity contribution is 6.04. The number of rotatable bonds is 4. The Bertz CT molecular complexity index is 915. The van der Waals surface area contributed by atoms with Crippen LogP contribution in [0.5, 0.6) is 5.75 Å². The van der Waals surface area contributed by atoms with E-state index in [1.54, 1.807) is 36.4 Å². The van der Waals surface area contributed by atoms with E-state index >= 15 is 0 Å². The van der Waals surface area contributed by atoms with Gasteiger partial charge in [0.2, 0.25) is 0 Å². The van der Waals surface area contributed by atoms with Crippen molar-refractivity contribution in [3.63, 3.8) is 0 Å². The topological polar surface area (TPSA) is 81.0 Å². The molecule has 0 fully saturated rings. The highest BCUT2D eigenvalue weighted by Crippen LogP contribution is 2.32. The molecule has 0 aliphatic rings. The standard InChI is InChI=1S/C17H14FN3O2/c1-23-16-12(17(19)22)6-8-14-15(16)13(20-21-14)7-5-10-3-2-4-11(18)9-10/h2-9H,1H3,(H2,19,22)(H,20,21)/b7-5+. The lowest BCUT2D eigenvalue weighted by atomic mass is 10.1. The molecule has 0 atom stereocenters. The summed E-state index contributed by atoms with van der Waals surface area (Å²) in [5.74, 6) is -0.528. The minimum atomic E-state index is -0.579. The van der Waals surface area contributed by atoms with Gasteiger partial charge in [0.15, 0.2) is 0 Å². The summed E-state index contributed by atoms with van der Waals surface area (Å²) in [6.45, 7) is 0. The van der Waals surface area contributed by atoms with Gasteiger partial charge in [0.25, 0.3) is 5.91 Å². The number of primary amides is 1. The molecule has 1 aromatic heterocycles. The fourth-order valence-corrected chi connectivity index (χ4v) is 2.42. The van der Waals surface area contributed by atoms with Crippen LogP contribution in [0.1, 0.15) is 21.6 Å². The van der Waals surface area contributed by atoms with Crippen LogP contribution in [0.3, 0.4) is 0 Å². The van der Waals surface area contributed by atoms with Crippen molar-refractivity contribution < 1.29 is 13.9 Å². The molecule has 0 aliphatic carbocycles. The molecule has 116 valence electrons. The van der Waals surface area contributed by atoms with Crippen LogP contribution in [0.4, 0.5) is 4.39 Å². The maximum atomic E-state index is 13.2. The first kappa shape index (κ1) is 14.8. The van der Waals surface area contributed by atoms with Gasteiger partial charge in [-0.15, -0.1) is 0 Å². The number of fused-ring (bicyclic) bond motifs is 1. The number of methoxy groups -OCH3 is 1. The highest BCUT2D eigenvalue weighted by Gasteiger charge is 2.16. The lowest BCUT2D eigenvalue weighted by Crippen LogP contribution is -2.12. The van der Waals surface area contributed by atoms with Crippen LogP contribution in [0.25, 0.3) is 23.1 Å². The zero-order valence-electron chi connectivity index (χ0n) is 12.3. The van der Waals surface area contributed by atoms with Crippen molar-refractivity contribution >= 4 is 29.0 Å². The van der Waals surface area contributed by atoms with E-state index in [9.17, 15) is 9.18 Å². The molecule has 0 aliphatic heterocycles. The molecule has 3 rings (SSSR count). The zero-order chi connectivity index (χ0) is 16.4. The van der Waals surface area contributed by atoms with E-state index in [0.29, 0.717) is 27.9 Å². The molecule has 3 N–H and O–H groups in total. The molecule has 23 heavy (non-hydrogen) atoms. The number of nitrogens with zero attached hydrogens (tertiary/aromatic N) is 1. The number of amides is 1. The second-order valence-electron chi connectivity index (χ2n) is 4.93. The number of nitrogens with one attached hydrogen (secondary N) is 1. The van der Waals surface area contributed by atoms with E-state index < -0.39 is 5.91 Å². The SMILES string of the molecule is COc1c(C(N)=O)ccc2[nH]nc(/C=C/c3cccc(F)c3)c12. The molecule has 2 aromatic carbocycles. The molecule has 3 aromatic rings.